The van der Waals surface area contributed by atoms with Crippen molar-refractivity contribution in [3.8, 4) is 0 Å². The van der Waals surface area contributed by atoms with Gasteiger partial charge < -0.3 is 5.32 Å². The average molecular weight is 351 g/mol. The molecule has 106 valence electrons. The van der Waals surface area contributed by atoms with Crippen molar-refractivity contribution in [2.45, 2.75) is 23.8 Å². The number of nitrogens with zero attached hydrogens (tertiary/aromatic N) is 1. The van der Waals surface area contributed by atoms with E-state index in [4.69, 9.17) is 0 Å². The molecule has 0 amide bonds. The Morgan fingerprint density at radius 2 is 2.21 bits per heavy atom. The first-order valence-electron chi connectivity index (χ1n) is 6.07. The Kier molecular flexibility index (Phi) is 4.60. The molecule has 1 aromatic rings. The molecule has 7 heteroatoms. The molecule has 0 radical (unpaired) electrons. The molecule has 1 aromatic carbocycles. The van der Waals surface area contributed by atoms with Gasteiger partial charge in [0.25, 0.3) is 0 Å². The van der Waals surface area contributed by atoms with Gasteiger partial charge in [-0.3, -0.25) is 0 Å². The van der Waals surface area contributed by atoms with E-state index in [9.17, 15) is 12.8 Å². The van der Waals surface area contributed by atoms with Gasteiger partial charge in [-0.05, 0) is 53.5 Å². The summed E-state index contributed by atoms with van der Waals surface area (Å²) in [4.78, 5) is 0.0990. The maximum atomic E-state index is 13.0. The van der Waals surface area contributed by atoms with E-state index in [0.717, 1.165) is 25.5 Å². The smallest absolute Gasteiger partial charge is 0.244 e. The molecule has 1 atom stereocenters. The Morgan fingerprint density at radius 1 is 1.47 bits per heavy atom. The molecule has 1 N–H and O–H groups in total. The van der Waals surface area contributed by atoms with Crippen molar-refractivity contribution in [2.24, 2.45) is 0 Å². The van der Waals surface area contributed by atoms with E-state index in [2.05, 4.69) is 21.2 Å². The van der Waals surface area contributed by atoms with Crippen LogP contribution in [-0.4, -0.2) is 38.9 Å². The molecular weight excluding hydrogens is 335 g/mol. The molecule has 0 aromatic heterocycles. The summed E-state index contributed by atoms with van der Waals surface area (Å²) in [5.41, 5.74) is 0. The van der Waals surface area contributed by atoms with Gasteiger partial charge in [-0.15, -0.1) is 0 Å². The van der Waals surface area contributed by atoms with Crippen LogP contribution >= 0.6 is 15.9 Å². The Morgan fingerprint density at radius 3 is 2.79 bits per heavy atom. The van der Waals surface area contributed by atoms with Crippen LogP contribution in [0.25, 0.3) is 0 Å². The quantitative estimate of drug-likeness (QED) is 0.906. The van der Waals surface area contributed by atoms with Crippen LogP contribution in [0.4, 0.5) is 4.39 Å². The zero-order chi connectivity index (χ0) is 14.0. The summed E-state index contributed by atoms with van der Waals surface area (Å²) in [6.07, 6.45) is 1.79. The number of rotatable bonds is 3. The van der Waals surface area contributed by atoms with Crippen molar-refractivity contribution in [3.05, 3.63) is 28.5 Å². The Bertz CT molecular complexity index is 559. The lowest BCUT2D eigenvalue weighted by Crippen LogP contribution is -2.46. The Balaban J connectivity index is 2.30. The first kappa shape index (κ1) is 14.9. The minimum absolute atomic E-state index is 0.0595. The summed E-state index contributed by atoms with van der Waals surface area (Å²) in [6, 6.07) is 3.56. The summed E-state index contributed by atoms with van der Waals surface area (Å²) in [6.45, 7) is 1.57. The van der Waals surface area contributed by atoms with Crippen LogP contribution in [0.15, 0.2) is 27.6 Å². The topological polar surface area (TPSA) is 49.4 Å². The van der Waals surface area contributed by atoms with Crippen LogP contribution in [-0.2, 0) is 10.0 Å². The van der Waals surface area contributed by atoms with Gasteiger partial charge in [0.15, 0.2) is 0 Å². The zero-order valence-corrected chi connectivity index (χ0v) is 13.0. The number of nitrogens with one attached hydrogen (secondary N) is 1. The fraction of sp³-hybridized carbons (Fsp3) is 0.500. The highest BCUT2D eigenvalue weighted by Crippen LogP contribution is 2.27. The molecule has 1 heterocycles. The largest absolute Gasteiger partial charge is 0.315 e. The molecule has 2 rings (SSSR count). The number of likely N-dealkylation sites (N-methyl/N-ethyl adjacent to an activating group) is 1. The van der Waals surface area contributed by atoms with Crippen LogP contribution in [0.2, 0.25) is 0 Å². The monoisotopic (exact) mass is 350 g/mol. The van der Waals surface area contributed by atoms with Crippen LogP contribution in [0.5, 0.6) is 0 Å². The summed E-state index contributed by atoms with van der Waals surface area (Å²) in [7, 11) is -2.03. The number of hydrogen-bond acceptors (Lipinski definition) is 3. The van der Waals surface area contributed by atoms with E-state index in [1.54, 1.807) is 7.05 Å². The molecule has 1 fully saturated rings. The second-order valence-corrected chi connectivity index (χ2v) is 7.42. The molecule has 1 aliphatic heterocycles. The number of piperidine rings is 1. The summed E-state index contributed by atoms with van der Waals surface area (Å²) in [5.74, 6) is -0.465. The minimum atomic E-state index is -3.61. The van der Waals surface area contributed by atoms with Gasteiger partial charge in [-0.25, -0.2) is 12.8 Å². The van der Waals surface area contributed by atoms with E-state index in [1.165, 1.54) is 16.4 Å². The molecule has 4 nitrogen and oxygen atoms in total. The third kappa shape index (κ3) is 3.16. The summed E-state index contributed by atoms with van der Waals surface area (Å²) >= 11 is 3.11. The Hall–Kier alpha value is -0.500. The predicted octanol–water partition coefficient (Wildman–Crippen LogP) is 1.96. The van der Waals surface area contributed by atoms with Gasteiger partial charge >= 0.3 is 0 Å². The Labute approximate surface area is 121 Å². The summed E-state index contributed by atoms with van der Waals surface area (Å²) in [5, 5.41) is 3.19. The molecule has 0 spiro atoms. The van der Waals surface area contributed by atoms with Crippen LogP contribution in [0.3, 0.4) is 0 Å². The highest BCUT2D eigenvalue weighted by atomic mass is 79.9. The number of hydrogen-bond donors (Lipinski definition) is 1. The van der Waals surface area contributed by atoms with E-state index in [-0.39, 0.29) is 15.4 Å². The minimum Gasteiger partial charge on any atom is -0.315 e. The number of sulfonamides is 1. The van der Waals surface area contributed by atoms with E-state index in [1.807, 2.05) is 0 Å². The third-order valence-electron chi connectivity index (χ3n) is 3.34. The van der Waals surface area contributed by atoms with Crippen LogP contribution in [0.1, 0.15) is 12.8 Å². The highest BCUT2D eigenvalue weighted by molar-refractivity contribution is 9.10. The molecule has 1 aliphatic rings. The number of halogens is 2. The van der Waals surface area contributed by atoms with Crippen molar-refractivity contribution in [1.82, 2.24) is 9.62 Å². The van der Waals surface area contributed by atoms with Gasteiger partial charge in [-0.1, -0.05) is 0 Å². The third-order valence-corrected chi connectivity index (χ3v) is 6.22. The van der Waals surface area contributed by atoms with Gasteiger partial charge in [0.05, 0.1) is 4.90 Å². The number of benzene rings is 1. The second kappa shape index (κ2) is 5.87. The maximum absolute atomic E-state index is 13.0. The molecule has 0 aliphatic carbocycles. The highest BCUT2D eigenvalue weighted by Gasteiger charge is 2.30. The van der Waals surface area contributed by atoms with E-state index >= 15 is 0 Å². The molecule has 1 saturated heterocycles. The summed E-state index contributed by atoms with van der Waals surface area (Å²) < 4.78 is 39.7. The second-order valence-electron chi connectivity index (χ2n) is 4.60. The molecule has 19 heavy (non-hydrogen) atoms. The van der Waals surface area contributed by atoms with Crippen molar-refractivity contribution >= 4 is 26.0 Å². The van der Waals surface area contributed by atoms with E-state index in [0.29, 0.717) is 6.54 Å². The standard InChI is InChI=1S/C12H16BrFN2O2S/c1-16(10-3-2-6-15-8-10)19(17,18)12-5-4-9(14)7-11(12)13/h4-5,7,10,15H,2-3,6,8H2,1H3. The van der Waals surface area contributed by atoms with Crippen molar-refractivity contribution in [3.63, 3.8) is 0 Å². The fourth-order valence-corrected chi connectivity index (χ4v) is 4.57. The van der Waals surface area contributed by atoms with E-state index < -0.39 is 15.8 Å². The lowest BCUT2D eigenvalue weighted by molar-refractivity contribution is 0.300. The van der Waals surface area contributed by atoms with Gasteiger partial charge in [0.2, 0.25) is 10.0 Å². The molecular formula is C12H16BrFN2O2S. The zero-order valence-electron chi connectivity index (χ0n) is 10.6. The van der Waals surface area contributed by atoms with Crippen molar-refractivity contribution in [1.29, 1.82) is 0 Å². The maximum Gasteiger partial charge on any atom is 0.244 e. The first-order chi connectivity index (χ1) is 8.93. The van der Waals surface area contributed by atoms with Crippen LogP contribution in [0, 0.1) is 5.82 Å². The lowest BCUT2D eigenvalue weighted by Gasteiger charge is -2.31. The van der Waals surface area contributed by atoms with Crippen molar-refractivity contribution in [2.75, 3.05) is 20.1 Å². The molecule has 1 unspecified atom stereocenters. The molecule has 0 saturated carbocycles. The van der Waals surface area contributed by atoms with Gasteiger partial charge in [0.1, 0.15) is 5.82 Å². The molecule has 0 bridgehead atoms. The fourth-order valence-electron chi connectivity index (χ4n) is 2.18. The average Bonchev–Trinajstić information content (AvgIpc) is 2.38. The first-order valence-corrected chi connectivity index (χ1v) is 8.30. The van der Waals surface area contributed by atoms with Crippen molar-refractivity contribution < 1.29 is 12.8 Å². The lowest BCUT2D eigenvalue weighted by atomic mass is 10.1. The van der Waals surface area contributed by atoms with Gasteiger partial charge in [0, 0.05) is 24.1 Å². The SMILES string of the molecule is CN(C1CCCNC1)S(=O)(=O)c1ccc(F)cc1Br. The van der Waals surface area contributed by atoms with Crippen LogP contribution < -0.4 is 5.32 Å². The van der Waals surface area contributed by atoms with Gasteiger partial charge in [-0.2, -0.15) is 4.31 Å². The predicted molar refractivity (Wildman–Crippen MR) is 74.9 cm³/mol. The normalized spacial score (nSPS) is 20.7.